The molecule has 1 aromatic rings. The summed E-state index contributed by atoms with van der Waals surface area (Å²) in [6.45, 7) is 6.93. The Kier molecular flexibility index (Phi) is 5.47. The van der Waals surface area contributed by atoms with Gasteiger partial charge >= 0.3 is 0 Å². The van der Waals surface area contributed by atoms with Crippen molar-refractivity contribution >= 4 is 15.9 Å². The predicted molar refractivity (Wildman–Crippen MR) is 91.6 cm³/mol. The lowest BCUT2D eigenvalue weighted by atomic mass is 9.95. The summed E-state index contributed by atoms with van der Waals surface area (Å²) in [6, 6.07) is 6.19. The number of carbonyl (C=O) groups excluding carboxylic acids is 1. The molecular weight excluding hydrogens is 312 g/mol. The molecule has 1 saturated heterocycles. The molecule has 0 aromatic heterocycles. The van der Waals surface area contributed by atoms with Gasteiger partial charge in [0.25, 0.3) is 0 Å². The van der Waals surface area contributed by atoms with Crippen LogP contribution < -0.4 is 5.32 Å². The standard InChI is InChI=1S/C17H26N2O3S/c1-12-5-6-13(2)16(11-12)14(3)18-17(20)15-7-9-19(10-8-15)23(4,21)22/h5-6,11,14-15H,7-10H2,1-4H3,(H,18,20)/t14-/m0/s1. The monoisotopic (exact) mass is 338 g/mol. The van der Waals surface area contributed by atoms with Crippen molar-refractivity contribution in [2.24, 2.45) is 5.92 Å². The lowest BCUT2D eigenvalue weighted by Gasteiger charge is -2.30. The summed E-state index contributed by atoms with van der Waals surface area (Å²) in [5, 5.41) is 3.08. The van der Waals surface area contributed by atoms with Gasteiger partial charge in [0.15, 0.2) is 0 Å². The molecule has 1 aliphatic heterocycles. The second-order valence-corrected chi connectivity index (χ2v) is 8.51. The summed E-state index contributed by atoms with van der Waals surface area (Å²) in [4.78, 5) is 12.5. The molecule has 0 unspecified atom stereocenters. The highest BCUT2D eigenvalue weighted by Gasteiger charge is 2.29. The summed E-state index contributed by atoms with van der Waals surface area (Å²) < 4.78 is 24.5. The zero-order chi connectivity index (χ0) is 17.2. The van der Waals surface area contributed by atoms with Crippen LogP contribution in [0.15, 0.2) is 18.2 Å². The number of nitrogens with zero attached hydrogens (tertiary/aromatic N) is 1. The highest BCUT2D eigenvalue weighted by molar-refractivity contribution is 7.88. The van der Waals surface area contributed by atoms with Crippen molar-refractivity contribution in [3.05, 3.63) is 34.9 Å². The third kappa shape index (κ3) is 4.54. The van der Waals surface area contributed by atoms with E-state index in [-0.39, 0.29) is 17.9 Å². The van der Waals surface area contributed by atoms with E-state index < -0.39 is 10.0 Å². The van der Waals surface area contributed by atoms with E-state index in [1.807, 2.05) is 20.8 Å². The summed E-state index contributed by atoms with van der Waals surface area (Å²) >= 11 is 0. The zero-order valence-electron chi connectivity index (χ0n) is 14.3. The van der Waals surface area contributed by atoms with Crippen molar-refractivity contribution in [1.82, 2.24) is 9.62 Å². The van der Waals surface area contributed by atoms with E-state index in [2.05, 4.69) is 23.5 Å². The third-order valence-corrected chi connectivity index (χ3v) is 5.86. The number of aryl methyl sites for hydroxylation is 2. The number of sulfonamides is 1. The molecule has 1 fully saturated rings. The van der Waals surface area contributed by atoms with Gasteiger partial charge in [-0.15, -0.1) is 0 Å². The highest BCUT2D eigenvalue weighted by Crippen LogP contribution is 2.23. The van der Waals surface area contributed by atoms with Crippen molar-refractivity contribution in [2.75, 3.05) is 19.3 Å². The average Bonchev–Trinajstić information content (AvgIpc) is 2.48. The number of hydrogen-bond donors (Lipinski definition) is 1. The van der Waals surface area contributed by atoms with Crippen molar-refractivity contribution in [3.8, 4) is 0 Å². The fourth-order valence-electron chi connectivity index (χ4n) is 3.09. The van der Waals surface area contributed by atoms with Crippen LogP contribution in [0.2, 0.25) is 0 Å². The molecule has 6 heteroatoms. The molecule has 0 saturated carbocycles. The summed E-state index contributed by atoms with van der Waals surface area (Å²) in [6.07, 6.45) is 2.38. The first kappa shape index (κ1) is 17.9. The van der Waals surface area contributed by atoms with Crippen molar-refractivity contribution in [3.63, 3.8) is 0 Å². The molecule has 1 heterocycles. The molecule has 1 aromatic carbocycles. The number of piperidine rings is 1. The summed E-state index contributed by atoms with van der Waals surface area (Å²) in [7, 11) is -3.15. The molecule has 2 rings (SSSR count). The van der Waals surface area contributed by atoms with Crippen LogP contribution in [-0.2, 0) is 14.8 Å². The number of amides is 1. The Labute approximate surface area is 139 Å². The van der Waals surface area contributed by atoms with Gasteiger partial charge in [-0.05, 0) is 44.7 Å². The first-order valence-corrected chi connectivity index (χ1v) is 9.86. The van der Waals surface area contributed by atoms with Gasteiger partial charge in [0.1, 0.15) is 0 Å². The van der Waals surface area contributed by atoms with Crippen LogP contribution in [0, 0.1) is 19.8 Å². The summed E-state index contributed by atoms with van der Waals surface area (Å²) in [5.41, 5.74) is 3.47. The largest absolute Gasteiger partial charge is 0.349 e. The molecule has 1 N–H and O–H groups in total. The first-order valence-electron chi connectivity index (χ1n) is 8.01. The Hall–Kier alpha value is -1.40. The van der Waals surface area contributed by atoms with Crippen LogP contribution >= 0.6 is 0 Å². The SMILES string of the molecule is Cc1ccc(C)c([C@H](C)NC(=O)C2CCN(S(C)(=O)=O)CC2)c1. The molecule has 0 radical (unpaired) electrons. The van der Waals surface area contributed by atoms with E-state index in [0.717, 1.165) is 11.1 Å². The second kappa shape index (κ2) is 7.01. The predicted octanol–water partition coefficient (Wildman–Crippen LogP) is 2.15. The maximum Gasteiger partial charge on any atom is 0.223 e. The van der Waals surface area contributed by atoms with E-state index in [9.17, 15) is 13.2 Å². The minimum atomic E-state index is -3.15. The minimum absolute atomic E-state index is 0.0200. The number of nitrogens with one attached hydrogen (secondary N) is 1. The molecule has 5 nitrogen and oxygen atoms in total. The van der Waals surface area contributed by atoms with Crippen molar-refractivity contribution in [1.29, 1.82) is 0 Å². The third-order valence-electron chi connectivity index (χ3n) is 4.55. The number of hydrogen-bond acceptors (Lipinski definition) is 3. The van der Waals surface area contributed by atoms with E-state index in [1.54, 1.807) is 0 Å². The van der Waals surface area contributed by atoms with Gasteiger partial charge in [0.2, 0.25) is 15.9 Å². The van der Waals surface area contributed by atoms with Gasteiger partial charge in [0.05, 0.1) is 12.3 Å². The van der Waals surface area contributed by atoms with E-state index in [0.29, 0.717) is 25.9 Å². The average molecular weight is 338 g/mol. The van der Waals surface area contributed by atoms with Gasteiger partial charge in [-0.1, -0.05) is 23.8 Å². The highest BCUT2D eigenvalue weighted by atomic mass is 32.2. The van der Waals surface area contributed by atoms with Gasteiger partial charge in [0, 0.05) is 19.0 Å². The molecule has 23 heavy (non-hydrogen) atoms. The van der Waals surface area contributed by atoms with Gasteiger partial charge in [-0.25, -0.2) is 12.7 Å². The zero-order valence-corrected chi connectivity index (χ0v) is 15.1. The quantitative estimate of drug-likeness (QED) is 0.915. The van der Waals surface area contributed by atoms with Crippen LogP contribution in [-0.4, -0.2) is 38.0 Å². The van der Waals surface area contributed by atoms with Crippen molar-refractivity contribution in [2.45, 2.75) is 39.7 Å². The Morgan fingerprint density at radius 1 is 1.26 bits per heavy atom. The van der Waals surface area contributed by atoms with Crippen LogP contribution in [0.3, 0.4) is 0 Å². The fourth-order valence-corrected chi connectivity index (χ4v) is 3.96. The van der Waals surface area contributed by atoms with Crippen LogP contribution in [0.4, 0.5) is 0 Å². The first-order chi connectivity index (χ1) is 10.7. The number of carbonyl (C=O) groups is 1. The van der Waals surface area contributed by atoms with Crippen molar-refractivity contribution < 1.29 is 13.2 Å². The van der Waals surface area contributed by atoms with Crippen LogP contribution in [0.1, 0.15) is 42.5 Å². The Morgan fingerprint density at radius 2 is 1.87 bits per heavy atom. The van der Waals surface area contributed by atoms with Crippen LogP contribution in [0.25, 0.3) is 0 Å². The van der Waals surface area contributed by atoms with E-state index in [1.165, 1.54) is 16.1 Å². The normalized spacial score (nSPS) is 18.6. The fraction of sp³-hybridized carbons (Fsp3) is 0.588. The number of benzene rings is 1. The van der Waals surface area contributed by atoms with E-state index in [4.69, 9.17) is 0 Å². The van der Waals surface area contributed by atoms with Gasteiger partial charge in [-0.3, -0.25) is 4.79 Å². The van der Waals surface area contributed by atoms with E-state index >= 15 is 0 Å². The maximum atomic E-state index is 12.5. The molecule has 0 spiro atoms. The molecule has 0 aliphatic carbocycles. The molecule has 1 aliphatic rings. The Morgan fingerprint density at radius 3 is 2.43 bits per heavy atom. The van der Waals surface area contributed by atoms with Gasteiger partial charge in [-0.2, -0.15) is 0 Å². The maximum absolute atomic E-state index is 12.5. The van der Waals surface area contributed by atoms with Gasteiger partial charge < -0.3 is 5.32 Å². The Balaban J connectivity index is 1.96. The van der Waals surface area contributed by atoms with Crippen LogP contribution in [0.5, 0.6) is 0 Å². The molecule has 128 valence electrons. The Bertz CT molecular complexity index is 677. The smallest absolute Gasteiger partial charge is 0.223 e. The second-order valence-electron chi connectivity index (χ2n) is 6.53. The molecular formula is C17H26N2O3S. The minimum Gasteiger partial charge on any atom is -0.349 e. The number of rotatable bonds is 4. The molecule has 1 atom stereocenters. The topological polar surface area (TPSA) is 66.5 Å². The lowest BCUT2D eigenvalue weighted by Crippen LogP contribution is -2.43. The molecule has 0 bridgehead atoms. The lowest BCUT2D eigenvalue weighted by molar-refractivity contribution is -0.126. The molecule has 1 amide bonds. The summed E-state index contributed by atoms with van der Waals surface area (Å²) in [5.74, 6) is -0.0906.